The molecule has 0 radical (unpaired) electrons. The van der Waals surface area contributed by atoms with E-state index in [0.717, 1.165) is 5.69 Å². The number of halogens is 1. The molecule has 2 aromatic heterocycles. The van der Waals surface area contributed by atoms with Crippen molar-refractivity contribution in [2.45, 2.75) is 51.5 Å². The maximum Gasteiger partial charge on any atom is 0.227 e. The van der Waals surface area contributed by atoms with Gasteiger partial charge in [0.1, 0.15) is 5.02 Å². The zero-order valence-corrected chi connectivity index (χ0v) is 16.8. The number of anilines is 3. The van der Waals surface area contributed by atoms with Crippen molar-refractivity contribution in [2.75, 3.05) is 30.4 Å². The molecular formula is C19H28ClN7. The molecule has 146 valence electrons. The number of piperidine rings is 1. The van der Waals surface area contributed by atoms with Gasteiger partial charge in [-0.15, -0.1) is 0 Å². The molecule has 0 unspecified atom stereocenters. The highest BCUT2D eigenvalue weighted by Gasteiger charge is 2.37. The zero-order valence-electron chi connectivity index (χ0n) is 16.1. The van der Waals surface area contributed by atoms with Gasteiger partial charge in [0.2, 0.25) is 5.95 Å². The van der Waals surface area contributed by atoms with Crippen molar-refractivity contribution in [3.8, 4) is 0 Å². The average molecular weight is 390 g/mol. The van der Waals surface area contributed by atoms with Crippen molar-refractivity contribution in [3.63, 3.8) is 0 Å². The Morgan fingerprint density at radius 3 is 2.78 bits per heavy atom. The molecule has 2 aromatic rings. The van der Waals surface area contributed by atoms with Gasteiger partial charge >= 0.3 is 0 Å². The maximum absolute atomic E-state index is 6.29. The molecule has 1 aliphatic heterocycles. The van der Waals surface area contributed by atoms with Gasteiger partial charge < -0.3 is 15.5 Å². The van der Waals surface area contributed by atoms with Crippen molar-refractivity contribution in [1.29, 1.82) is 0 Å². The molecule has 1 aliphatic carbocycles. The second-order valence-electron chi connectivity index (χ2n) is 8.05. The first-order valence-corrected chi connectivity index (χ1v) is 10.2. The van der Waals surface area contributed by atoms with E-state index < -0.39 is 0 Å². The largest absolute Gasteiger partial charge is 0.341 e. The molecule has 1 spiro atoms. The van der Waals surface area contributed by atoms with E-state index in [9.17, 15) is 0 Å². The minimum Gasteiger partial charge on any atom is -0.341 e. The number of aromatic nitrogens is 4. The van der Waals surface area contributed by atoms with Gasteiger partial charge in [-0.25, -0.2) is 4.98 Å². The van der Waals surface area contributed by atoms with E-state index in [2.05, 4.69) is 42.7 Å². The van der Waals surface area contributed by atoms with Crippen LogP contribution in [-0.4, -0.2) is 46.3 Å². The van der Waals surface area contributed by atoms with Crippen LogP contribution < -0.4 is 15.5 Å². The minimum absolute atomic E-state index is 0.471. The molecule has 1 saturated carbocycles. The number of nitrogens with one attached hydrogen (secondary N) is 3. The molecule has 4 rings (SSSR count). The fourth-order valence-electron chi connectivity index (χ4n) is 4.44. The van der Waals surface area contributed by atoms with Gasteiger partial charge in [-0.2, -0.15) is 10.1 Å². The SMILES string of the molecule is Cc1cc(Nc2nc(N(C)C3CCC4(CCCNC4)CC3)ncc2Cl)n[nH]1. The third kappa shape index (κ3) is 4.04. The Labute approximate surface area is 165 Å². The van der Waals surface area contributed by atoms with Gasteiger partial charge in [0.15, 0.2) is 11.6 Å². The normalized spacial score (nSPS) is 25.5. The highest BCUT2D eigenvalue weighted by Crippen LogP contribution is 2.42. The summed E-state index contributed by atoms with van der Waals surface area (Å²) < 4.78 is 0. The molecule has 7 nitrogen and oxygen atoms in total. The van der Waals surface area contributed by atoms with Crippen molar-refractivity contribution in [3.05, 3.63) is 23.0 Å². The van der Waals surface area contributed by atoms with Crippen LogP contribution in [0.1, 0.15) is 44.2 Å². The number of aromatic amines is 1. The summed E-state index contributed by atoms with van der Waals surface area (Å²) in [4.78, 5) is 11.3. The molecule has 3 N–H and O–H groups in total. The van der Waals surface area contributed by atoms with Gasteiger partial charge in [0.25, 0.3) is 0 Å². The van der Waals surface area contributed by atoms with Crippen LogP contribution in [0.15, 0.2) is 12.3 Å². The summed E-state index contributed by atoms with van der Waals surface area (Å²) in [6.45, 7) is 4.31. The van der Waals surface area contributed by atoms with E-state index in [1.165, 1.54) is 51.6 Å². The summed E-state index contributed by atoms with van der Waals surface area (Å²) in [6, 6.07) is 2.39. The van der Waals surface area contributed by atoms with Gasteiger partial charge in [-0.1, -0.05) is 11.6 Å². The summed E-state index contributed by atoms with van der Waals surface area (Å²) in [6.07, 6.45) is 9.27. The number of H-pyrrole nitrogens is 1. The summed E-state index contributed by atoms with van der Waals surface area (Å²) >= 11 is 6.29. The molecule has 0 amide bonds. The fourth-order valence-corrected chi connectivity index (χ4v) is 4.58. The zero-order chi connectivity index (χ0) is 18.9. The molecule has 2 aliphatic rings. The van der Waals surface area contributed by atoms with Crippen LogP contribution >= 0.6 is 11.6 Å². The van der Waals surface area contributed by atoms with E-state index in [1.54, 1.807) is 6.20 Å². The molecule has 1 saturated heterocycles. The average Bonchev–Trinajstić information content (AvgIpc) is 3.09. The Hall–Kier alpha value is -1.86. The van der Waals surface area contributed by atoms with Crippen LogP contribution in [0, 0.1) is 12.3 Å². The molecule has 0 aromatic carbocycles. The van der Waals surface area contributed by atoms with Crippen LogP contribution in [0.5, 0.6) is 0 Å². The van der Waals surface area contributed by atoms with E-state index in [1.807, 2.05) is 13.0 Å². The molecule has 0 atom stereocenters. The molecule has 8 heteroatoms. The van der Waals surface area contributed by atoms with Crippen LogP contribution in [-0.2, 0) is 0 Å². The summed E-state index contributed by atoms with van der Waals surface area (Å²) in [7, 11) is 2.09. The first-order chi connectivity index (χ1) is 13.0. The second kappa shape index (κ2) is 7.64. The number of nitrogens with zero attached hydrogens (tertiary/aromatic N) is 4. The number of rotatable bonds is 4. The Morgan fingerprint density at radius 1 is 1.30 bits per heavy atom. The molecule has 3 heterocycles. The third-order valence-corrected chi connectivity index (χ3v) is 6.40. The van der Waals surface area contributed by atoms with Crippen molar-refractivity contribution < 1.29 is 0 Å². The van der Waals surface area contributed by atoms with Crippen LogP contribution in [0.3, 0.4) is 0 Å². The van der Waals surface area contributed by atoms with Crippen molar-refractivity contribution in [2.24, 2.45) is 5.41 Å². The monoisotopic (exact) mass is 389 g/mol. The first-order valence-electron chi connectivity index (χ1n) is 9.80. The second-order valence-corrected chi connectivity index (χ2v) is 8.46. The van der Waals surface area contributed by atoms with E-state index in [4.69, 9.17) is 11.6 Å². The first kappa shape index (κ1) is 18.5. The van der Waals surface area contributed by atoms with Crippen LogP contribution in [0.25, 0.3) is 0 Å². The lowest BCUT2D eigenvalue weighted by atomic mass is 9.68. The molecule has 0 bridgehead atoms. The van der Waals surface area contributed by atoms with Crippen LogP contribution in [0.4, 0.5) is 17.6 Å². The topological polar surface area (TPSA) is 81.8 Å². The highest BCUT2D eigenvalue weighted by atomic mass is 35.5. The molecular weight excluding hydrogens is 362 g/mol. The summed E-state index contributed by atoms with van der Waals surface area (Å²) in [5.41, 5.74) is 1.49. The standard InChI is InChI=1S/C19H28ClN7/c1-13-10-16(26-25-13)23-17-15(20)11-22-18(24-17)27(2)14-4-7-19(8-5-14)6-3-9-21-12-19/h10-11,14,21H,3-9,12H2,1-2H3,(H2,22,23,24,25,26). The summed E-state index contributed by atoms with van der Waals surface area (Å²) in [5.74, 6) is 1.99. The Balaban J connectivity index is 1.44. The summed E-state index contributed by atoms with van der Waals surface area (Å²) in [5, 5.41) is 14.4. The fraction of sp³-hybridized carbons (Fsp3) is 0.632. The predicted octanol–water partition coefficient (Wildman–Crippen LogP) is 3.65. The van der Waals surface area contributed by atoms with Gasteiger partial charge in [0, 0.05) is 31.4 Å². The lowest BCUT2D eigenvalue weighted by Gasteiger charge is -2.45. The van der Waals surface area contributed by atoms with Gasteiger partial charge in [0.05, 0.1) is 6.20 Å². The van der Waals surface area contributed by atoms with Crippen molar-refractivity contribution >= 4 is 29.2 Å². The maximum atomic E-state index is 6.29. The quantitative estimate of drug-likeness (QED) is 0.740. The van der Waals surface area contributed by atoms with E-state index in [0.29, 0.717) is 34.1 Å². The highest BCUT2D eigenvalue weighted by molar-refractivity contribution is 6.32. The molecule has 27 heavy (non-hydrogen) atoms. The lowest BCUT2D eigenvalue weighted by Crippen LogP contribution is -2.46. The van der Waals surface area contributed by atoms with Gasteiger partial charge in [-0.05, 0) is 57.4 Å². The number of hydrogen-bond acceptors (Lipinski definition) is 6. The smallest absolute Gasteiger partial charge is 0.227 e. The van der Waals surface area contributed by atoms with Crippen molar-refractivity contribution in [1.82, 2.24) is 25.5 Å². The lowest BCUT2D eigenvalue weighted by molar-refractivity contribution is 0.129. The van der Waals surface area contributed by atoms with E-state index >= 15 is 0 Å². The Bertz CT molecular complexity index is 774. The number of hydrogen-bond donors (Lipinski definition) is 3. The minimum atomic E-state index is 0.471. The Morgan fingerprint density at radius 2 is 2.11 bits per heavy atom. The molecule has 2 fully saturated rings. The van der Waals surface area contributed by atoms with Crippen LogP contribution in [0.2, 0.25) is 5.02 Å². The Kier molecular flexibility index (Phi) is 5.23. The van der Waals surface area contributed by atoms with E-state index in [-0.39, 0.29) is 0 Å². The number of aryl methyl sites for hydroxylation is 1. The predicted molar refractivity (Wildman–Crippen MR) is 109 cm³/mol. The third-order valence-electron chi connectivity index (χ3n) is 6.12. The van der Waals surface area contributed by atoms with Gasteiger partial charge in [-0.3, -0.25) is 5.10 Å².